The normalized spacial score (nSPS) is 16.5. The van der Waals surface area contributed by atoms with E-state index >= 15 is 0 Å². The van der Waals surface area contributed by atoms with Crippen molar-refractivity contribution in [3.63, 3.8) is 0 Å². The molecule has 28 heavy (non-hydrogen) atoms. The number of nitrogens with zero attached hydrogens (tertiary/aromatic N) is 1. The summed E-state index contributed by atoms with van der Waals surface area (Å²) >= 11 is 0. The quantitative estimate of drug-likeness (QED) is 0.765. The van der Waals surface area contributed by atoms with E-state index in [-0.39, 0.29) is 36.1 Å². The fourth-order valence-corrected chi connectivity index (χ4v) is 3.42. The van der Waals surface area contributed by atoms with Crippen molar-refractivity contribution in [3.05, 3.63) is 59.8 Å². The van der Waals surface area contributed by atoms with Crippen LogP contribution >= 0.6 is 0 Å². The highest BCUT2D eigenvalue weighted by Gasteiger charge is 2.29. The highest BCUT2D eigenvalue weighted by Crippen LogP contribution is 2.19. The minimum Gasteiger partial charge on any atom is -0.467 e. The van der Waals surface area contributed by atoms with Crippen molar-refractivity contribution in [2.45, 2.75) is 38.9 Å². The highest BCUT2D eigenvalue weighted by atomic mass is 19.1. The third-order valence-corrected chi connectivity index (χ3v) is 5.26. The first-order chi connectivity index (χ1) is 13.5. The van der Waals surface area contributed by atoms with Crippen LogP contribution in [0.4, 0.5) is 4.39 Å². The Bertz CT molecular complexity index is 786. The van der Waals surface area contributed by atoms with Gasteiger partial charge in [0, 0.05) is 18.0 Å². The van der Waals surface area contributed by atoms with Crippen LogP contribution in [0.3, 0.4) is 0 Å². The molecule has 1 aromatic carbocycles. The first-order valence-electron chi connectivity index (χ1n) is 9.60. The van der Waals surface area contributed by atoms with Gasteiger partial charge in [-0.15, -0.1) is 0 Å². The molecule has 1 aliphatic rings. The van der Waals surface area contributed by atoms with Gasteiger partial charge in [-0.05, 0) is 51.1 Å². The molecule has 150 valence electrons. The maximum Gasteiger partial charge on any atom is 0.237 e. The summed E-state index contributed by atoms with van der Waals surface area (Å²) in [5.74, 6) is 0.235. The summed E-state index contributed by atoms with van der Waals surface area (Å²) in [5.41, 5.74) is 0.468. The summed E-state index contributed by atoms with van der Waals surface area (Å²) in [4.78, 5) is 26.8. The molecule has 1 aliphatic heterocycles. The average Bonchev–Trinajstić information content (AvgIpc) is 3.24. The van der Waals surface area contributed by atoms with Gasteiger partial charge in [-0.2, -0.15) is 0 Å². The molecule has 1 saturated heterocycles. The summed E-state index contributed by atoms with van der Waals surface area (Å²) in [6.45, 7) is 3.75. The van der Waals surface area contributed by atoms with E-state index in [4.69, 9.17) is 4.42 Å². The molecule has 2 amide bonds. The molecule has 0 spiro atoms. The zero-order chi connectivity index (χ0) is 19.9. The molecule has 3 rings (SSSR count). The molecular weight excluding hydrogens is 361 g/mol. The lowest BCUT2D eigenvalue weighted by Crippen LogP contribution is -2.49. The Morgan fingerprint density at radius 2 is 1.89 bits per heavy atom. The summed E-state index contributed by atoms with van der Waals surface area (Å²) in [6.07, 6.45) is 2.99. The predicted octanol–water partition coefficient (Wildman–Crippen LogP) is 2.45. The van der Waals surface area contributed by atoms with E-state index in [1.165, 1.54) is 6.07 Å². The van der Waals surface area contributed by atoms with Crippen LogP contribution < -0.4 is 10.6 Å². The average molecular weight is 387 g/mol. The van der Waals surface area contributed by atoms with Crippen LogP contribution in [0.2, 0.25) is 0 Å². The molecule has 6 nitrogen and oxygen atoms in total. The smallest absolute Gasteiger partial charge is 0.237 e. The number of carbonyl (C=O) groups excluding carboxylic acids is 2. The van der Waals surface area contributed by atoms with E-state index in [0.717, 1.165) is 5.76 Å². The molecule has 2 N–H and O–H groups in total. The molecule has 0 saturated carbocycles. The Morgan fingerprint density at radius 3 is 2.57 bits per heavy atom. The standard InChI is InChI=1S/C21H26FN3O3/c1-15(20(26)23-13-17-5-2-3-7-19(17)22)25-10-8-16(9-11-25)21(27)24-14-18-6-4-12-28-18/h2-7,12,15-16H,8-11,13-14H2,1H3,(H,23,26)(H,24,27). The van der Waals surface area contributed by atoms with E-state index in [1.807, 2.05) is 13.0 Å². The van der Waals surface area contributed by atoms with Gasteiger partial charge in [-0.25, -0.2) is 4.39 Å². The van der Waals surface area contributed by atoms with Gasteiger partial charge < -0.3 is 15.1 Å². The van der Waals surface area contributed by atoms with Gasteiger partial charge in [-0.3, -0.25) is 14.5 Å². The molecule has 0 radical (unpaired) electrons. The Balaban J connectivity index is 1.41. The third-order valence-electron chi connectivity index (χ3n) is 5.26. The zero-order valence-corrected chi connectivity index (χ0v) is 16.0. The van der Waals surface area contributed by atoms with Gasteiger partial charge >= 0.3 is 0 Å². The topological polar surface area (TPSA) is 74.6 Å². The maximum absolute atomic E-state index is 13.7. The maximum atomic E-state index is 13.7. The molecule has 0 bridgehead atoms. The minimum atomic E-state index is -0.322. The van der Waals surface area contributed by atoms with Crippen molar-refractivity contribution < 1.29 is 18.4 Å². The number of carbonyl (C=O) groups is 2. The zero-order valence-electron chi connectivity index (χ0n) is 16.0. The molecule has 0 aliphatic carbocycles. The number of hydrogen-bond acceptors (Lipinski definition) is 4. The Labute approximate surface area is 164 Å². The fraction of sp³-hybridized carbons (Fsp3) is 0.429. The second-order valence-electron chi connectivity index (χ2n) is 7.09. The van der Waals surface area contributed by atoms with E-state index in [1.54, 1.807) is 30.5 Å². The van der Waals surface area contributed by atoms with Gasteiger partial charge in [0.1, 0.15) is 11.6 Å². The van der Waals surface area contributed by atoms with Crippen LogP contribution in [-0.2, 0) is 22.7 Å². The van der Waals surface area contributed by atoms with Crippen molar-refractivity contribution in [1.29, 1.82) is 0 Å². The number of furan rings is 1. The van der Waals surface area contributed by atoms with Crippen LogP contribution in [0.15, 0.2) is 47.1 Å². The second-order valence-corrected chi connectivity index (χ2v) is 7.09. The first kappa shape index (κ1) is 20.1. The number of amides is 2. The first-order valence-corrected chi connectivity index (χ1v) is 9.60. The van der Waals surface area contributed by atoms with Gasteiger partial charge in [-0.1, -0.05) is 18.2 Å². The molecular formula is C21H26FN3O3. The van der Waals surface area contributed by atoms with Crippen LogP contribution in [0.1, 0.15) is 31.1 Å². The number of likely N-dealkylation sites (tertiary alicyclic amines) is 1. The Kier molecular flexibility index (Phi) is 6.81. The number of benzene rings is 1. The number of piperidine rings is 1. The molecule has 2 aromatic rings. The van der Waals surface area contributed by atoms with E-state index in [0.29, 0.717) is 38.0 Å². The molecule has 1 fully saturated rings. The lowest BCUT2D eigenvalue weighted by Gasteiger charge is -2.34. The van der Waals surface area contributed by atoms with Crippen LogP contribution in [-0.4, -0.2) is 35.8 Å². The van der Waals surface area contributed by atoms with E-state index in [9.17, 15) is 14.0 Å². The predicted molar refractivity (Wildman–Crippen MR) is 103 cm³/mol. The largest absolute Gasteiger partial charge is 0.467 e. The van der Waals surface area contributed by atoms with Crippen LogP contribution in [0, 0.1) is 11.7 Å². The number of rotatable bonds is 7. The van der Waals surface area contributed by atoms with Crippen molar-refractivity contribution in [1.82, 2.24) is 15.5 Å². The summed E-state index contributed by atoms with van der Waals surface area (Å²) in [7, 11) is 0. The SMILES string of the molecule is CC(C(=O)NCc1ccccc1F)N1CCC(C(=O)NCc2ccco2)CC1. The molecule has 1 aromatic heterocycles. The van der Waals surface area contributed by atoms with Gasteiger partial charge in [0.25, 0.3) is 0 Å². The van der Waals surface area contributed by atoms with Crippen molar-refractivity contribution in [2.24, 2.45) is 5.92 Å². The number of hydrogen-bond donors (Lipinski definition) is 2. The molecule has 7 heteroatoms. The van der Waals surface area contributed by atoms with Crippen LogP contribution in [0.5, 0.6) is 0 Å². The highest BCUT2D eigenvalue weighted by molar-refractivity contribution is 5.81. The summed E-state index contributed by atoms with van der Waals surface area (Å²) in [5, 5.41) is 5.70. The Morgan fingerprint density at radius 1 is 1.14 bits per heavy atom. The van der Waals surface area contributed by atoms with Crippen molar-refractivity contribution in [3.8, 4) is 0 Å². The fourth-order valence-electron chi connectivity index (χ4n) is 3.42. The second kappa shape index (κ2) is 9.50. The third kappa shape index (κ3) is 5.19. The molecule has 1 unspecified atom stereocenters. The number of halogens is 1. The molecule has 1 atom stereocenters. The van der Waals surface area contributed by atoms with E-state index in [2.05, 4.69) is 15.5 Å². The van der Waals surface area contributed by atoms with E-state index < -0.39 is 0 Å². The Hall–Kier alpha value is -2.67. The van der Waals surface area contributed by atoms with Crippen molar-refractivity contribution >= 4 is 11.8 Å². The van der Waals surface area contributed by atoms with Crippen molar-refractivity contribution in [2.75, 3.05) is 13.1 Å². The monoisotopic (exact) mass is 387 g/mol. The van der Waals surface area contributed by atoms with Crippen LogP contribution in [0.25, 0.3) is 0 Å². The molecule has 2 heterocycles. The lowest BCUT2D eigenvalue weighted by molar-refractivity contribution is -0.128. The van der Waals surface area contributed by atoms with Gasteiger partial charge in [0.05, 0.1) is 18.8 Å². The lowest BCUT2D eigenvalue weighted by atomic mass is 9.95. The summed E-state index contributed by atoms with van der Waals surface area (Å²) < 4.78 is 18.9. The van der Waals surface area contributed by atoms with Gasteiger partial charge in [0.2, 0.25) is 11.8 Å². The minimum absolute atomic E-state index is 0.0210. The summed E-state index contributed by atoms with van der Waals surface area (Å²) in [6, 6.07) is 9.70. The van der Waals surface area contributed by atoms with Gasteiger partial charge in [0.15, 0.2) is 0 Å². The number of nitrogens with one attached hydrogen (secondary N) is 2.